The number of ether oxygens (including phenoxy) is 1. The summed E-state index contributed by atoms with van der Waals surface area (Å²) in [6.07, 6.45) is 0.585. The van der Waals surface area contributed by atoms with E-state index in [0.717, 1.165) is 22.6 Å². The first kappa shape index (κ1) is 21.6. The highest BCUT2D eigenvalue weighted by molar-refractivity contribution is 6.30. The van der Waals surface area contributed by atoms with Gasteiger partial charge in [-0.05, 0) is 54.1 Å². The van der Waals surface area contributed by atoms with Crippen LogP contribution in [0.5, 0.6) is 5.75 Å². The van der Waals surface area contributed by atoms with Crippen LogP contribution >= 0.6 is 11.6 Å². The number of rotatable bonds is 8. The second kappa shape index (κ2) is 10.1. The topological polar surface area (TPSA) is 68.5 Å². The van der Waals surface area contributed by atoms with E-state index in [2.05, 4.69) is 10.1 Å². The van der Waals surface area contributed by atoms with Crippen molar-refractivity contribution in [3.8, 4) is 17.1 Å². The summed E-state index contributed by atoms with van der Waals surface area (Å²) in [4.78, 5) is 19.3. The molecule has 1 heterocycles. The van der Waals surface area contributed by atoms with Crippen LogP contribution in [0, 0.1) is 0 Å². The molecule has 0 atom stereocenters. The maximum Gasteiger partial charge on any atom is 0.227 e. The predicted molar refractivity (Wildman–Crippen MR) is 124 cm³/mol. The highest BCUT2D eigenvalue weighted by Gasteiger charge is 2.18. The highest BCUT2D eigenvalue weighted by Crippen LogP contribution is 2.23. The average Bonchev–Trinajstić information content (AvgIpc) is 3.31. The van der Waals surface area contributed by atoms with Crippen LogP contribution in [0.3, 0.4) is 0 Å². The van der Waals surface area contributed by atoms with E-state index in [9.17, 15) is 4.79 Å². The molecule has 0 radical (unpaired) electrons. The van der Waals surface area contributed by atoms with Gasteiger partial charge < -0.3 is 14.2 Å². The smallest absolute Gasteiger partial charge is 0.227 e. The van der Waals surface area contributed by atoms with Crippen LogP contribution in [0.4, 0.5) is 5.69 Å². The lowest BCUT2D eigenvalue weighted by molar-refractivity contribution is -0.118. The Labute approximate surface area is 191 Å². The van der Waals surface area contributed by atoms with Gasteiger partial charge in [-0.15, -0.1) is 0 Å². The molecule has 7 heteroatoms. The maximum atomic E-state index is 13.2. The van der Waals surface area contributed by atoms with E-state index in [1.54, 1.807) is 24.1 Å². The monoisotopic (exact) mass is 447 g/mol. The minimum absolute atomic E-state index is 0.0368. The molecule has 0 spiro atoms. The largest absolute Gasteiger partial charge is 0.497 e. The van der Waals surface area contributed by atoms with Gasteiger partial charge in [-0.1, -0.05) is 47.1 Å². The first-order valence-electron chi connectivity index (χ1n) is 10.2. The van der Waals surface area contributed by atoms with Gasteiger partial charge in [-0.25, -0.2) is 0 Å². The molecule has 1 aromatic heterocycles. The number of nitrogens with zero attached hydrogens (tertiary/aromatic N) is 3. The molecule has 4 rings (SSSR count). The SMILES string of the molecule is COc1ccc(N(Cc2ccccc2)C(=O)CCc2nc(-c3ccc(Cl)cc3)no2)cc1. The minimum Gasteiger partial charge on any atom is -0.497 e. The molecule has 0 saturated carbocycles. The molecule has 0 unspecified atom stereocenters. The number of methoxy groups -OCH3 is 1. The molecule has 6 nitrogen and oxygen atoms in total. The molecule has 0 aliphatic heterocycles. The van der Waals surface area contributed by atoms with E-state index in [1.807, 2.05) is 66.7 Å². The molecule has 0 bridgehead atoms. The zero-order chi connectivity index (χ0) is 22.3. The van der Waals surface area contributed by atoms with Gasteiger partial charge in [0.2, 0.25) is 17.6 Å². The molecule has 0 N–H and O–H groups in total. The Balaban J connectivity index is 1.47. The Morgan fingerprint density at radius 3 is 2.41 bits per heavy atom. The van der Waals surface area contributed by atoms with Crippen molar-refractivity contribution in [2.24, 2.45) is 0 Å². The molecule has 0 fully saturated rings. The van der Waals surface area contributed by atoms with Crippen LogP contribution in [-0.4, -0.2) is 23.2 Å². The molecule has 32 heavy (non-hydrogen) atoms. The van der Waals surface area contributed by atoms with Gasteiger partial charge in [-0.2, -0.15) is 4.98 Å². The van der Waals surface area contributed by atoms with E-state index in [1.165, 1.54) is 0 Å². The second-order valence-electron chi connectivity index (χ2n) is 7.18. The number of carbonyl (C=O) groups is 1. The third kappa shape index (κ3) is 5.34. The zero-order valence-electron chi connectivity index (χ0n) is 17.6. The molecule has 0 aliphatic carbocycles. The van der Waals surface area contributed by atoms with Crippen molar-refractivity contribution in [3.05, 3.63) is 95.3 Å². The van der Waals surface area contributed by atoms with Crippen molar-refractivity contribution >= 4 is 23.2 Å². The van der Waals surface area contributed by atoms with Crippen LogP contribution in [0.15, 0.2) is 83.4 Å². The zero-order valence-corrected chi connectivity index (χ0v) is 18.3. The van der Waals surface area contributed by atoms with Gasteiger partial charge in [-0.3, -0.25) is 4.79 Å². The molecule has 3 aromatic carbocycles. The molecular formula is C25H22ClN3O3. The van der Waals surface area contributed by atoms with Gasteiger partial charge in [0.05, 0.1) is 13.7 Å². The molecule has 4 aromatic rings. The summed E-state index contributed by atoms with van der Waals surface area (Å²) >= 11 is 5.93. The number of amides is 1. The molecule has 162 valence electrons. The number of halogens is 1. The van der Waals surface area contributed by atoms with Gasteiger partial charge in [0.15, 0.2) is 0 Å². The Hall–Kier alpha value is -3.64. The summed E-state index contributed by atoms with van der Waals surface area (Å²) in [6, 6.07) is 24.5. The summed E-state index contributed by atoms with van der Waals surface area (Å²) in [5, 5.41) is 4.65. The third-order valence-corrected chi connectivity index (χ3v) is 5.24. The summed E-state index contributed by atoms with van der Waals surface area (Å²) in [6.45, 7) is 0.464. The first-order chi connectivity index (χ1) is 15.6. The Bertz CT molecular complexity index is 1160. The van der Waals surface area contributed by atoms with Crippen molar-refractivity contribution in [2.45, 2.75) is 19.4 Å². The number of aromatic nitrogens is 2. The van der Waals surface area contributed by atoms with Crippen LogP contribution in [0.25, 0.3) is 11.4 Å². The summed E-state index contributed by atoms with van der Waals surface area (Å²) < 4.78 is 10.6. The fraction of sp³-hybridized carbons (Fsp3) is 0.160. The van der Waals surface area contributed by atoms with Crippen LogP contribution in [0.1, 0.15) is 17.9 Å². The van der Waals surface area contributed by atoms with E-state index >= 15 is 0 Å². The fourth-order valence-corrected chi connectivity index (χ4v) is 3.40. The lowest BCUT2D eigenvalue weighted by Gasteiger charge is -2.23. The van der Waals surface area contributed by atoms with E-state index in [0.29, 0.717) is 29.7 Å². The summed E-state index contributed by atoms with van der Waals surface area (Å²) in [7, 11) is 1.62. The summed E-state index contributed by atoms with van der Waals surface area (Å²) in [5.41, 5.74) is 2.64. The van der Waals surface area contributed by atoms with E-state index in [-0.39, 0.29) is 12.3 Å². The Morgan fingerprint density at radius 2 is 1.72 bits per heavy atom. The standard InChI is InChI=1S/C25H22ClN3O3/c1-31-22-13-11-21(12-14-22)29(17-18-5-3-2-4-6-18)24(30)16-15-23-27-25(28-32-23)19-7-9-20(26)10-8-19/h2-14H,15-17H2,1H3. The van der Waals surface area contributed by atoms with Crippen molar-refractivity contribution in [2.75, 3.05) is 12.0 Å². The average molecular weight is 448 g/mol. The molecule has 0 saturated heterocycles. The highest BCUT2D eigenvalue weighted by atomic mass is 35.5. The number of hydrogen-bond donors (Lipinski definition) is 0. The second-order valence-corrected chi connectivity index (χ2v) is 7.62. The number of benzene rings is 3. The normalized spacial score (nSPS) is 10.7. The van der Waals surface area contributed by atoms with Crippen molar-refractivity contribution in [3.63, 3.8) is 0 Å². The molecule has 1 amide bonds. The Kier molecular flexibility index (Phi) is 6.82. The van der Waals surface area contributed by atoms with Crippen molar-refractivity contribution in [1.29, 1.82) is 0 Å². The first-order valence-corrected chi connectivity index (χ1v) is 10.6. The van der Waals surface area contributed by atoms with Gasteiger partial charge in [0.1, 0.15) is 5.75 Å². The van der Waals surface area contributed by atoms with E-state index < -0.39 is 0 Å². The molecule has 0 aliphatic rings. The third-order valence-electron chi connectivity index (χ3n) is 4.99. The summed E-state index contributed by atoms with van der Waals surface area (Å²) in [5.74, 6) is 1.59. The maximum absolute atomic E-state index is 13.2. The van der Waals surface area contributed by atoms with Crippen molar-refractivity contribution in [1.82, 2.24) is 10.1 Å². The predicted octanol–water partition coefficient (Wildman–Crippen LogP) is 5.56. The van der Waals surface area contributed by atoms with Crippen LogP contribution in [0.2, 0.25) is 5.02 Å². The van der Waals surface area contributed by atoms with Gasteiger partial charge in [0, 0.05) is 29.1 Å². The van der Waals surface area contributed by atoms with Crippen molar-refractivity contribution < 1.29 is 14.1 Å². The van der Waals surface area contributed by atoms with Crippen LogP contribution < -0.4 is 9.64 Å². The quantitative estimate of drug-likeness (QED) is 0.353. The lowest BCUT2D eigenvalue weighted by Crippen LogP contribution is -2.30. The number of aryl methyl sites for hydroxylation is 1. The lowest BCUT2D eigenvalue weighted by atomic mass is 10.1. The van der Waals surface area contributed by atoms with Gasteiger partial charge >= 0.3 is 0 Å². The van der Waals surface area contributed by atoms with Gasteiger partial charge in [0.25, 0.3) is 0 Å². The fourth-order valence-electron chi connectivity index (χ4n) is 3.27. The minimum atomic E-state index is -0.0368. The Morgan fingerprint density at radius 1 is 1.00 bits per heavy atom. The number of anilines is 1. The number of carbonyl (C=O) groups excluding carboxylic acids is 1. The van der Waals surface area contributed by atoms with E-state index in [4.69, 9.17) is 20.9 Å². The molecular weight excluding hydrogens is 426 g/mol. The van der Waals surface area contributed by atoms with Crippen LogP contribution in [-0.2, 0) is 17.8 Å². The number of hydrogen-bond acceptors (Lipinski definition) is 5.